The fraction of sp³-hybridized carbons (Fsp3) is 0.222. The third-order valence-corrected chi connectivity index (χ3v) is 2.57. The molecule has 0 spiro atoms. The molecule has 0 fully saturated rings. The summed E-state index contributed by atoms with van der Waals surface area (Å²) in [6.07, 6.45) is 0. The lowest BCUT2D eigenvalue weighted by atomic mass is 10.0. The quantitative estimate of drug-likeness (QED) is 0.300. The molecule has 0 saturated heterocycles. The zero-order valence-corrected chi connectivity index (χ0v) is 9.58. The van der Waals surface area contributed by atoms with E-state index in [2.05, 4.69) is 15.9 Å². The van der Waals surface area contributed by atoms with E-state index in [0.717, 1.165) is 0 Å². The van der Waals surface area contributed by atoms with Crippen molar-refractivity contribution in [3.63, 3.8) is 0 Å². The highest BCUT2D eigenvalue weighted by Gasteiger charge is 2.20. The molecule has 1 rings (SSSR count). The molecule has 0 aromatic heterocycles. The van der Waals surface area contributed by atoms with E-state index in [9.17, 15) is 14.9 Å². The van der Waals surface area contributed by atoms with Crippen molar-refractivity contribution in [2.45, 2.75) is 6.92 Å². The topological polar surface area (TPSA) is 86.2 Å². The highest BCUT2D eigenvalue weighted by atomic mass is 79.9. The molecule has 0 amide bonds. The maximum absolute atomic E-state index is 11.5. The SMILES string of the molecule is Cc1c([N+](=O)[O-])ccc(N)c1C(=O)CBr. The maximum Gasteiger partial charge on any atom is 0.273 e. The first-order chi connectivity index (χ1) is 6.99. The Bertz CT molecular complexity index is 432. The molecule has 0 saturated carbocycles. The van der Waals surface area contributed by atoms with E-state index in [1.807, 2.05) is 0 Å². The molecule has 0 bridgehead atoms. The van der Waals surface area contributed by atoms with Crippen molar-refractivity contribution in [2.24, 2.45) is 0 Å². The Morgan fingerprint density at radius 3 is 2.67 bits per heavy atom. The molecule has 1 aromatic carbocycles. The summed E-state index contributed by atoms with van der Waals surface area (Å²) in [7, 11) is 0. The first-order valence-corrected chi connectivity index (χ1v) is 5.23. The van der Waals surface area contributed by atoms with Gasteiger partial charge in [0.2, 0.25) is 0 Å². The first-order valence-electron chi connectivity index (χ1n) is 4.11. The van der Waals surface area contributed by atoms with E-state index in [1.54, 1.807) is 0 Å². The number of nitro groups is 1. The zero-order chi connectivity index (χ0) is 11.6. The van der Waals surface area contributed by atoms with Crippen molar-refractivity contribution >= 4 is 33.1 Å². The number of alkyl halides is 1. The number of halogens is 1. The van der Waals surface area contributed by atoms with Crippen molar-refractivity contribution in [3.05, 3.63) is 33.4 Å². The van der Waals surface area contributed by atoms with Gasteiger partial charge in [-0.3, -0.25) is 14.9 Å². The number of carbonyl (C=O) groups excluding carboxylic acids is 1. The van der Waals surface area contributed by atoms with Crippen molar-refractivity contribution in [3.8, 4) is 0 Å². The normalized spacial score (nSPS) is 10.0. The second-order valence-electron chi connectivity index (χ2n) is 2.99. The van der Waals surface area contributed by atoms with Crippen molar-refractivity contribution < 1.29 is 9.72 Å². The molecule has 0 aliphatic heterocycles. The van der Waals surface area contributed by atoms with Gasteiger partial charge in [0.05, 0.1) is 15.8 Å². The molecule has 5 nitrogen and oxygen atoms in total. The van der Waals surface area contributed by atoms with Crippen LogP contribution in [0.2, 0.25) is 0 Å². The van der Waals surface area contributed by atoms with Gasteiger partial charge in [-0.05, 0) is 13.0 Å². The van der Waals surface area contributed by atoms with Crippen LogP contribution in [0.15, 0.2) is 12.1 Å². The summed E-state index contributed by atoms with van der Waals surface area (Å²) < 4.78 is 0. The van der Waals surface area contributed by atoms with E-state index < -0.39 is 4.92 Å². The van der Waals surface area contributed by atoms with Gasteiger partial charge in [0.25, 0.3) is 5.69 Å². The third kappa shape index (κ3) is 2.15. The van der Waals surface area contributed by atoms with Crippen LogP contribution >= 0.6 is 15.9 Å². The lowest BCUT2D eigenvalue weighted by Gasteiger charge is -2.06. The lowest BCUT2D eigenvalue weighted by Crippen LogP contribution is -2.09. The van der Waals surface area contributed by atoms with E-state index in [0.29, 0.717) is 5.56 Å². The minimum atomic E-state index is -0.528. The van der Waals surface area contributed by atoms with E-state index in [-0.39, 0.29) is 28.1 Å². The molecular weight excluding hydrogens is 264 g/mol. The smallest absolute Gasteiger partial charge is 0.273 e. The van der Waals surface area contributed by atoms with Gasteiger partial charge in [0.15, 0.2) is 5.78 Å². The summed E-state index contributed by atoms with van der Waals surface area (Å²) in [6, 6.07) is 2.68. The van der Waals surface area contributed by atoms with E-state index >= 15 is 0 Å². The number of nitrogens with two attached hydrogens (primary N) is 1. The second-order valence-corrected chi connectivity index (χ2v) is 3.55. The predicted octanol–water partition coefficient (Wildman–Crippen LogP) is 2.06. The highest BCUT2D eigenvalue weighted by molar-refractivity contribution is 9.09. The molecule has 80 valence electrons. The van der Waals surface area contributed by atoms with Gasteiger partial charge in [0.1, 0.15) is 0 Å². The van der Waals surface area contributed by atoms with Crippen LogP contribution in [0.1, 0.15) is 15.9 Å². The average Bonchev–Trinajstić information content (AvgIpc) is 2.16. The van der Waals surface area contributed by atoms with Crippen LogP contribution in [-0.4, -0.2) is 16.0 Å². The van der Waals surface area contributed by atoms with Crippen LogP contribution in [0.5, 0.6) is 0 Å². The molecule has 0 radical (unpaired) electrons. The molecule has 1 aromatic rings. The van der Waals surface area contributed by atoms with Gasteiger partial charge >= 0.3 is 0 Å². The number of carbonyl (C=O) groups is 1. The number of hydrogen-bond donors (Lipinski definition) is 1. The van der Waals surface area contributed by atoms with E-state index in [1.165, 1.54) is 19.1 Å². The van der Waals surface area contributed by atoms with E-state index in [4.69, 9.17) is 5.73 Å². The summed E-state index contributed by atoms with van der Waals surface area (Å²) in [6.45, 7) is 1.52. The van der Waals surface area contributed by atoms with Crippen molar-refractivity contribution in [1.82, 2.24) is 0 Å². The summed E-state index contributed by atoms with van der Waals surface area (Å²) in [4.78, 5) is 21.6. The molecular formula is C9H9BrN2O3. The summed E-state index contributed by atoms with van der Waals surface area (Å²) in [5, 5.41) is 10.7. The average molecular weight is 273 g/mol. The van der Waals surface area contributed by atoms with Gasteiger partial charge in [-0.25, -0.2) is 0 Å². The fourth-order valence-corrected chi connectivity index (χ4v) is 1.64. The number of anilines is 1. The number of nitrogen functional groups attached to an aromatic ring is 1. The highest BCUT2D eigenvalue weighted by Crippen LogP contribution is 2.26. The van der Waals surface area contributed by atoms with Crippen LogP contribution in [0.4, 0.5) is 11.4 Å². The molecule has 0 aliphatic carbocycles. The van der Waals surface area contributed by atoms with Gasteiger partial charge in [-0.2, -0.15) is 0 Å². The summed E-state index contributed by atoms with van der Waals surface area (Å²) in [5.41, 5.74) is 6.31. The fourth-order valence-electron chi connectivity index (χ4n) is 1.36. The minimum Gasteiger partial charge on any atom is -0.398 e. The Morgan fingerprint density at radius 2 is 2.20 bits per heavy atom. The Morgan fingerprint density at radius 1 is 1.60 bits per heavy atom. The lowest BCUT2D eigenvalue weighted by molar-refractivity contribution is -0.385. The Labute approximate surface area is 94.5 Å². The van der Waals surface area contributed by atoms with Gasteiger partial charge in [-0.1, -0.05) is 15.9 Å². The Kier molecular flexibility index (Phi) is 3.41. The van der Waals surface area contributed by atoms with Crippen LogP contribution < -0.4 is 5.73 Å². The number of Topliss-reactive ketones (excluding diaryl/α,β-unsaturated/α-hetero) is 1. The van der Waals surface area contributed by atoms with Crippen LogP contribution in [0.3, 0.4) is 0 Å². The molecule has 0 heterocycles. The molecule has 15 heavy (non-hydrogen) atoms. The molecule has 2 N–H and O–H groups in total. The van der Waals surface area contributed by atoms with Crippen LogP contribution in [0.25, 0.3) is 0 Å². The first kappa shape index (κ1) is 11.6. The van der Waals surface area contributed by atoms with Gasteiger partial charge in [0, 0.05) is 17.3 Å². The summed E-state index contributed by atoms with van der Waals surface area (Å²) >= 11 is 3.01. The number of nitrogens with zero attached hydrogens (tertiary/aromatic N) is 1. The molecule has 0 atom stereocenters. The monoisotopic (exact) mass is 272 g/mol. The van der Waals surface area contributed by atoms with Crippen LogP contribution in [0, 0.1) is 17.0 Å². The number of nitro benzene ring substituents is 1. The van der Waals surface area contributed by atoms with Crippen molar-refractivity contribution in [2.75, 3.05) is 11.1 Å². The summed E-state index contributed by atoms with van der Waals surface area (Å²) in [5.74, 6) is -0.256. The number of rotatable bonds is 3. The molecule has 0 aliphatic rings. The predicted molar refractivity (Wildman–Crippen MR) is 60.4 cm³/mol. The maximum atomic E-state index is 11.5. The third-order valence-electron chi connectivity index (χ3n) is 2.07. The molecule has 6 heteroatoms. The molecule has 0 unspecified atom stereocenters. The zero-order valence-electron chi connectivity index (χ0n) is 7.99. The number of ketones is 1. The Balaban J connectivity index is 3.43. The van der Waals surface area contributed by atoms with Gasteiger partial charge in [-0.15, -0.1) is 0 Å². The second kappa shape index (κ2) is 4.39. The standard InChI is InChI=1S/C9H9BrN2O3/c1-5-7(12(14)15)3-2-6(11)9(5)8(13)4-10/h2-3H,4,11H2,1H3. The van der Waals surface area contributed by atoms with Gasteiger partial charge < -0.3 is 5.73 Å². The Hall–Kier alpha value is -1.43. The number of hydrogen-bond acceptors (Lipinski definition) is 4. The largest absolute Gasteiger partial charge is 0.398 e. The van der Waals surface area contributed by atoms with Crippen LogP contribution in [-0.2, 0) is 0 Å². The minimum absolute atomic E-state index is 0.0894. The van der Waals surface area contributed by atoms with Crippen molar-refractivity contribution in [1.29, 1.82) is 0 Å². The number of benzene rings is 1.